The molecule has 5 rings (SSSR count). The van der Waals surface area contributed by atoms with Crippen LogP contribution in [0.25, 0.3) is 6.08 Å². The van der Waals surface area contributed by atoms with E-state index in [1.165, 1.54) is 11.8 Å². The van der Waals surface area contributed by atoms with Gasteiger partial charge in [-0.1, -0.05) is 43.9 Å². The number of nitrogens with zero attached hydrogens (tertiary/aromatic N) is 4. The topological polar surface area (TPSA) is 87.8 Å². The molecule has 3 aliphatic heterocycles. The summed E-state index contributed by atoms with van der Waals surface area (Å²) in [6.07, 6.45) is 2.92. The maximum absolute atomic E-state index is 13.5. The molecular weight excluding hydrogens is 508 g/mol. The van der Waals surface area contributed by atoms with Crippen molar-refractivity contribution in [2.24, 2.45) is 18.9 Å². The predicted molar refractivity (Wildman–Crippen MR) is 148 cm³/mol. The van der Waals surface area contributed by atoms with E-state index in [4.69, 9.17) is 21.7 Å². The number of pyridine rings is 1. The van der Waals surface area contributed by atoms with Gasteiger partial charge in [0.15, 0.2) is 11.5 Å². The Hall–Kier alpha value is -3.29. The number of carbonyl (C=O) groups excluding carboxylic acids is 1. The van der Waals surface area contributed by atoms with E-state index in [1.54, 1.807) is 29.5 Å². The summed E-state index contributed by atoms with van der Waals surface area (Å²) in [5.41, 5.74) is 1.93. The third-order valence-electron chi connectivity index (χ3n) is 7.06. The van der Waals surface area contributed by atoms with Gasteiger partial charge in [-0.25, -0.2) is 0 Å². The first-order valence-electron chi connectivity index (χ1n) is 12.2. The number of piperidine rings is 1. The van der Waals surface area contributed by atoms with Gasteiger partial charge in [-0.2, -0.15) is 5.26 Å². The Morgan fingerprint density at radius 2 is 1.89 bits per heavy atom. The molecule has 0 aliphatic carbocycles. The number of hydrogen-bond donors (Lipinski definition) is 0. The summed E-state index contributed by atoms with van der Waals surface area (Å²) < 4.78 is 12.9. The van der Waals surface area contributed by atoms with Gasteiger partial charge in [0.25, 0.3) is 11.5 Å². The Bertz CT molecular complexity index is 1430. The lowest BCUT2D eigenvalue weighted by molar-refractivity contribution is -0.122. The number of anilines is 1. The Kier molecular flexibility index (Phi) is 6.77. The number of thiocarbonyl (C=S) groups is 1. The molecule has 10 heteroatoms. The van der Waals surface area contributed by atoms with Crippen LogP contribution in [0.4, 0.5) is 5.82 Å². The molecule has 0 spiro atoms. The van der Waals surface area contributed by atoms with Crippen LogP contribution in [0, 0.1) is 30.1 Å². The summed E-state index contributed by atoms with van der Waals surface area (Å²) >= 11 is 6.81. The minimum atomic E-state index is -0.326. The van der Waals surface area contributed by atoms with Gasteiger partial charge in [-0.05, 0) is 54.5 Å². The van der Waals surface area contributed by atoms with Gasteiger partial charge in [0.1, 0.15) is 21.8 Å². The second-order valence-electron chi connectivity index (χ2n) is 10.0. The fraction of sp³-hybridized carbons (Fsp3) is 0.407. The molecular formula is C27H28N4O4S2. The average Bonchev–Trinajstić information content (AvgIpc) is 3.42. The SMILES string of the molecule is Cc1c(/C=C2/SC(=S)N(Cc3ccc4c(c3)OCO4)C2=O)c(N2CC(C)CC(C)C2)n(C)c(=O)c1C#N. The van der Waals surface area contributed by atoms with Crippen LogP contribution in [-0.4, -0.2) is 39.6 Å². The lowest BCUT2D eigenvalue weighted by atomic mass is 9.91. The Morgan fingerprint density at radius 3 is 2.59 bits per heavy atom. The number of carbonyl (C=O) groups is 1. The van der Waals surface area contributed by atoms with Crippen molar-refractivity contribution in [2.45, 2.75) is 33.7 Å². The normalized spacial score (nSPS) is 22.2. The molecule has 0 N–H and O–H groups in total. The lowest BCUT2D eigenvalue weighted by Gasteiger charge is -2.38. The Labute approximate surface area is 225 Å². The molecule has 2 atom stereocenters. The molecule has 0 saturated carbocycles. The minimum Gasteiger partial charge on any atom is -0.454 e. The van der Waals surface area contributed by atoms with Gasteiger partial charge in [-0.3, -0.25) is 19.1 Å². The minimum absolute atomic E-state index is 0.0893. The first-order chi connectivity index (χ1) is 17.7. The molecule has 192 valence electrons. The van der Waals surface area contributed by atoms with Crippen LogP contribution in [0.3, 0.4) is 0 Å². The highest BCUT2D eigenvalue weighted by molar-refractivity contribution is 8.26. The van der Waals surface area contributed by atoms with Gasteiger partial charge in [0.05, 0.1) is 11.4 Å². The van der Waals surface area contributed by atoms with Gasteiger partial charge in [-0.15, -0.1) is 0 Å². The molecule has 1 aromatic heterocycles. The monoisotopic (exact) mass is 536 g/mol. The number of fused-ring (bicyclic) bond motifs is 1. The summed E-state index contributed by atoms with van der Waals surface area (Å²) in [4.78, 5) is 30.8. The smallest absolute Gasteiger partial charge is 0.270 e. The highest BCUT2D eigenvalue weighted by atomic mass is 32.2. The summed E-state index contributed by atoms with van der Waals surface area (Å²) in [7, 11) is 1.70. The second-order valence-corrected chi connectivity index (χ2v) is 11.7. The molecule has 1 aromatic carbocycles. The van der Waals surface area contributed by atoms with Crippen molar-refractivity contribution in [1.29, 1.82) is 5.26 Å². The first-order valence-corrected chi connectivity index (χ1v) is 13.4. The predicted octanol–water partition coefficient (Wildman–Crippen LogP) is 4.18. The first kappa shape index (κ1) is 25.4. The molecule has 2 unspecified atom stereocenters. The third-order valence-corrected chi connectivity index (χ3v) is 8.44. The van der Waals surface area contributed by atoms with Gasteiger partial charge in [0.2, 0.25) is 6.79 Å². The van der Waals surface area contributed by atoms with Crippen molar-refractivity contribution in [1.82, 2.24) is 9.47 Å². The number of ether oxygens (including phenoxy) is 2. The van der Waals surface area contributed by atoms with Crippen molar-refractivity contribution in [3.8, 4) is 17.6 Å². The van der Waals surface area contributed by atoms with Crippen molar-refractivity contribution in [3.05, 3.63) is 55.7 Å². The largest absolute Gasteiger partial charge is 0.454 e. The maximum Gasteiger partial charge on any atom is 0.270 e. The summed E-state index contributed by atoms with van der Waals surface area (Å²) in [6.45, 7) is 8.28. The molecule has 37 heavy (non-hydrogen) atoms. The summed E-state index contributed by atoms with van der Waals surface area (Å²) in [5.74, 6) is 2.79. The van der Waals surface area contributed by atoms with E-state index in [1.807, 2.05) is 18.2 Å². The van der Waals surface area contributed by atoms with E-state index in [2.05, 4.69) is 24.8 Å². The number of aromatic nitrogens is 1. The van der Waals surface area contributed by atoms with Crippen LogP contribution < -0.4 is 19.9 Å². The fourth-order valence-electron chi connectivity index (χ4n) is 5.42. The average molecular weight is 537 g/mol. The maximum atomic E-state index is 13.5. The molecule has 0 bridgehead atoms. The zero-order chi connectivity index (χ0) is 26.4. The molecule has 2 fully saturated rings. The highest BCUT2D eigenvalue weighted by Gasteiger charge is 2.34. The number of rotatable bonds is 4. The third kappa shape index (κ3) is 4.62. The Balaban J connectivity index is 1.53. The van der Waals surface area contributed by atoms with Gasteiger partial charge >= 0.3 is 0 Å². The van der Waals surface area contributed by atoms with E-state index in [9.17, 15) is 14.9 Å². The number of hydrogen-bond acceptors (Lipinski definition) is 8. The zero-order valence-corrected chi connectivity index (χ0v) is 22.9. The fourth-order valence-corrected chi connectivity index (χ4v) is 6.66. The van der Waals surface area contributed by atoms with Crippen LogP contribution in [0.15, 0.2) is 27.9 Å². The number of amides is 1. The van der Waals surface area contributed by atoms with E-state index in [-0.39, 0.29) is 23.8 Å². The number of nitriles is 1. The van der Waals surface area contributed by atoms with Crippen LogP contribution in [0.2, 0.25) is 0 Å². The van der Waals surface area contributed by atoms with Gasteiger partial charge < -0.3 is 14.4 Å². The molecule has 3 aliphatic rings. The van der Waals surface area contributed by atoms with E-state index < -0.39 is 0 Å². The van der Waals surface area contributed by atoms with Crippen LogP contribution in [-0.2, 0) is 18.4 Å². The van der Waals surface area contributed by atoms with Crippen LogP contribution >= 0.6 is 24.0 Å². The second kappa shape index (κ2) is 9.88. The van der Waals surface area contributed by atoms with Crippen molar-refractivity contribution >= 4 is 46.1 Å². The zero-order valence-electron chi connectivity index (χ0n) is 21.2. The van der Waals surface area contributed by atoms with E-state index in [0.717, 1.165) is 30.9 Å². The number of benzene rings is 1. The van der Waals surface area contributed by atoms with Crippen molar-refractivity contribution in [2.75, 3.05) is 24.8 Å². The quantitative estimate of drug-likeness (QED) is 0.425. The van der Waals surface area contributed by atoms with Crippen LogP contribution in [0.1, 0.15) is 42.5 Å². The molecule has 0 radical (unpaired) electrons. The Morgan fingerprint density at radius 1 is 1.19 bits per heavy atom. The molecule has 4 heterocycles. The molecule has 2 saturated heterocycles. The standard InChI is InChI=1S/C27H28N4O4S2/c1-15-7-16(2)12-30(11-15)24-19(17(3)20(10-28)25(32)29(24)4)9-23-26(33)31(27(36)37-23)13-18-5-6-21-22(8-18)35-14-34-21/h5-6,8-9,15-16H,7,11-14H2,1-4H3/b23-9+. The molecule has 8 nitrogen and oxygen atoms in total. The molecule has 1 amide bonds. The number of thioether (sulfide) groups is 1. The van der Waals surface area contributed by atoms with E-state index in [0.29, 0.717) is 50.2 Å². The van der Waals surface area contributed by atoms with Crippen molar-refractivity contribution in [3.63, 3.8) is 0 Å². The highest BCUT2D eigenvalue weighted by Crippen LogP contribution is 2.39. The lowest BCUT2D eigenvalue weighted by Crippen LogP contribution is -2.42. The molecule has 2 aromatic rings. The van der Waals surface area contributed by atoms with Gasteiger partial charge in [0, 0.05) is 25.7 Å². The van der Waals surface area contributed by atoms with Crippen molar-refractivity contribution < 1.29 is 14.3 Å². The summed E-state index contributed by atoms with van der Waals surface area (Å²) in [6, 6.07) is 7.65. The summed E-state index contributed by atoms with van der Waals surface area (Å²) in [5, 5.41) is 9.74. The van der Waals surface area contributed by atoms with Crippen LogP contribution in [0.5, 0.6) is 11.5 Å². The van der Waals surface area contributed by atoms with E-state index >= 15 is 0 Å².